The molecule has 0 saturated heterocycles. The van der Waals surface area contributed by atoms with Crippen LogP contribution >= 0.6 is 11.3 Å². The van der Waals surface area contributed by atoms with Gasteiger partial charge in [-0.2, -0.15) is 0 Å². The number of hydrogen-bond acceptors (Lipinski definition) is 3. The van der Waals surface area contributed by atoms with Crippen LogP contribution in [0.2, 0.25) is 0 Å². The van der Waals surface area contributed by atoms with E-state index in [4.69, 9.17) is 0 Å². The molecule has 7 aromatic carbocycles. The van der Waals surface area contributed by atoms with Crippen LogP contribution in [0.15, 0.2) is 157 Å². The molecule has 8 rings (SSSR count). The molecule has 0 spiro atoms. The number of aryl methyl sites for hydroxylation is 1. The lowest BCUT2D eigenvalue weighted by Gasteiger charge is -2.32. The fourth-order valence-electron chi connectivity index (χ4n) is 8.00. The molecule has 8 aromatic rings. The molecule has 1 aromatic heterocycles. The standard InChI is InChI=1S/C55H56N2S/c1-37-30-46(56(44-25-20-41(21-26-44)53(2,3)4)45-27-22-42(23-28-45)54(5,6)7)35-47(31-37)57(51-36-58-52-33-40-19-15-14-18-39(40)32-49(51)52)50-29-24-43(55(8,9)10)34-48(50)38-16-12-11-13-17-38/h11-36H,1-10H3. The first-order chi connectivity index (χ1) is 27.5. The van der Waals surface area contributed by atoms with E-state index in [1.807, 2.05) is 11.3 Å². The highest BCUT2D eigenvalue weighted by Crippen LogP contribution is 2.49. The number of fused-ring (bicyclic) bond motifs is 2. The fraction of sp³-hybridized carbons (Fsp3) is 0.236. The summed E-state index contributed by atoms with van der Waals surface area (Å²) >= 11 is 1.82. The van der Waals surface area contributed by atoms with E-state index in [0.29, 0.717) is 0 Å². The van der Waals surface area contributed by atoms with E-state index >= 15 is 0 Å². The number of hydrogen-bond donors (Lipinski definition) is 0. The van der Waals surface area contributed by atoms with Gasteiger partial charge in [-0.15, -0.1) is 11.3 Å². The van der Waals surface area contributed by atoms with Crippen LogP contribution in [0.5, 0.6) is 0 Å². The molecular weight excluding hydrogens is 721 g/mol. The highest BCUT2D eigenvalue weighted by atomic mass is 32.1. The van der Waals surface area contributed by atoms with Crippen LogP contribution in [0.3, 0.4) is 0 Å². The summed E-state index contributed by atoms with van der Waals surface area (Å²) in [4.78, 5) is 4.94. The van der Waals surface area contributed by atoms with E-state index in [1.54, 1.807) is 0 Å². The zero-order valence-electron chi connectivity index (χ0n) is 35.8. The van der Waals surface area contributed by atoms with Crippen LogP contribution in [0.25, 0.3) is 32.0 Å². The van der Waals surface area contributed by atoms with Crippen molar-refractivity contribution in [3.63, 3.8) is 0 Å². The lowest BCUT2D eigenvalue weighted by atomic mass is 9.84. The molecule has 0 amide bonds. The third kappa shape index (κ3) is 7.81. The average molecular weight is 777 g/mol. The van der Waals surface area contributed by atoms with E-state index in [1.165, 1.54) is 59.9 Å². The number of anilines is 6. The van der Waals surface area contributed by atoms with E-state index < -0.39 is 0 Å². The SMILES string of the molecule is Cc1cc(N(c2ccc(C(C)(C)C)cc2)c2ccc(C(C)(C)C)cc2)cc(N(c2ccc(C(C)(C)C)cc2-c2ccccc2)c2csc3cc4ccccc4cc23)c1. The number of nitrogens with zero attached hydrogens (tertiary/aromatic N) is 2. The third-order valence-corrected chi connectivity index (χ3v) is 12.3. The van der Waals surface area contributed by atoms with Crippen molar-refractivity contribution in [2.45, 2.75) is 85.5 Å². The maximum Gasteiger partial charge on any atom is 0.0647 e. The second-order valence-electron chi connectivity index (χ2n) is 19.0. The van der Waals surface area contributed by atoms with Gasteiger partial charge in [0.25, 0.3) is 0 Å². The molecule has 0 bridgehead atoms. The largest absolute Gasteiger partial charge is 0.310 e. The Morgan fingerprint density at radius 2 is 0.914 bits per heavy atom. The van der Waals surface area contributed by atoms with Crippen LogP contribution in [-0.4, -0.2) is 0 Å². The molecule has 0 unspecified atom stereocenters. The lowest BCUT2D eigenvalue weighted by Crippen LogP contribution is -2.16. The minimum absolute atomic E-state index is 0.0109. The Balaban J connectivity index is 1.39. The Bertz CT molecular complexity index is 2660. The van der Waals surface area contributed by atoms with Gasteiger partial charge >= 0.3 is 0 Å². The minimum atomic E-state index is -0.0109. The van der Waals surface area contributed by atoms with Gasteiger partial charge in [0.2, 0.25) is 0 Å². The second kappa shape index (κ2) is 14.9. The molecule has 58 heavy (non-hydrogen) atoms. The van der Waals surface area contributed by atoms with Gasteiger partial charge in [0.15, 0.2) is 0 Å². The van der Waals surface area contributed by atoms with Gasteiger partial charge in [0.1, 0.15) is 0 Å². The van der Waals surface area contributed by atoms with Crippen LogP contribution in [0, 0.1) is 6.92 Å². The van der Waals surface area contributed by atoms with Gasteiger partial charge in [0.05, 0.1) is 11.4 Å². The highest BCUT2D eigenvalue weighted by Gasteiger charge is 2.26. The van der Waals surface area contributed by atoms with Gasteiger partial charge in [-0.25, -0.2) is 0 Å². The summed E-state index contributed by atoms with van der Waals surface area (Å²) in [6.45, 7) is 22.8. The van der Waals surface area contributed by atoms with E-state index in [9.17, 15) is 0 Å². The molecule has 0 fully saturated rings. The van der Waals surface area contributed by atoms with E-state index in [-0.39, 0.29) is 16.2 Å². The molecule has 2 nitrogen and oxygen atoms in total. The molecule has 0 N–H and O–H groups in total. The zero-order valence-corrected chi connectivity index (χ0v) is 36.6. The van der Waals surface area contributed by atoms with Crippen molar-refractivity contribution < 1.29 is 0 Å². The van der Waals surface area contributed by atoms with Crippen molar-refractivity contribution in [2.24, 2.45) is 0 Å². The smallest absolute Gasteiger partial charge is 0.0647 e. The van der Waals surface area contributed by atoms with Crippen LogP contribution in [-0.2, 0) is 16.2 Å². The Labute approximate surface area is 350 Å². The lowest BCUT2D eigenvalue weighted by molar-refractivity contribution is 0.590. The quantitative estimate of drug-likeness (QED) is 0.159. The number of rotatable bonds is 7. The topological polar surface area (TPSA) is 6.48 Å². The van der Waals surface area contributed by atoms with Crippen molar-refractivity contribution in [3.8, 4) is 11.1 Å². The number of benzene rings is 7. The molecule has 0 aliphatic rings. The first-order valence-corrected chi connectivity index (χ1v) is 21.5. The fourth-order valence-corrected chi connectivity index (χ4v) is 8.95. The maximum atomic E-state index is 2.52. The first kappa shape index (κ1) is 39.2. The second-order valence-corrected chi connectivity index (χ2v) is 19.9. The van der Waals surface area contributed by atoms with Crippen molar-refractivity contribution in [1.82, 2.24) is 0 Å². The molecule has 292 valence electrons. The summed E-state index contributed by atoms with van der Waals surface area (Å²) < 4.78 is 1.28. The van der Waals surface area contributed by atoms with Crippen molar-refractivity contribution in [2.75, 3.05) is 9.80 Å². The average Bonchev–Trinajstić information content (AvgIpc) is 3.58. The van der Waals surface area contributed by atoms with Gasteiger partial charge in [-0.3, -0.25) is 0 Å². The Hall–Kier alpha value is -5.64. The van der Waals surface area contributed by atoms with Gasteiger partial charge in [-0.05, 0) is 128 Å². The Morgan fingerprint density at radius 3 is 1.47 bits per heavy atom. The predicted molar refractivity (Wildman–Crippen MR) is 255 cm³/mol. The third-order valence-electron chi connectivity index (χ3n) is 11.4. The first-order valence-electron chi connectivity index (χ1n) is 20.6. The van der Waals surface area contributed by atoms with Crippen LogP contribution in [0.1, 0.15) is 84.6 Å². The molecule has 0 aliphatic heterocycles. The predicted octanol–water partition coefficient (Wildman–Crippen LogP) is 16.9. The molecule has 0 saturated carbocycles. The van der Waals surface area contributed by atoms with Crippen LogP contribution in [0.4, 0.5) is 34.1 Å². The summed E-state index contributed by atoms with van der Waals surface area (Å²) in [5.74, 6) is 0. The Kier molecular flexibility index (Phi) is 10.1. The maximum absolute atomic E-state index is 2.52. The van der Waals surface area contributed by atoms with Crippen molar-refractivity contribution >= 4 is 66.3 Å². The summed E-state index contributed by atoms with van der Waals surface area (Å²) in [7, 11) is 0. The summed E-state index contributed by atoms with van der Waals surface area (Å²) in [6.07, 6.45) is 0. The van der Waals surface area contributed by atoms with E-state index in [2.05, 4.69) is 236 Å². The Morgan fingerprint density at radius 1 is 0.414 bits per heavy atom. The number of thiophene rings is 1. The minimum Gasteiger partial charge on any atom is -0.310 e. The van der Waals surface area contributed by atoms with Gasteiger partial charge in [-0.1, -0.05) is 147 Å². The molecular formula is C55H56N2S. The molecule has 0 radical (unpaired) electrons. The highest BCUT2D eigenvalue weighted by molar-refractivity contribution is 7.18. The van der Waals surface area contributed by atoms with Gasteiger partial charge in [0, 0.05) is 43.8 Å². The normalized spacial score (nSPS) is 12.3. The van der Waals surface area contributed by atoms with Gasteiger partial charge < -0.3 is 9.80 Å². The molecule has 0 aliphatic carbocycles. The molecule has 3 heteroatoms. The monoisotopic (exact) mass is 776 g/mol. The molecule has 1 heterocycles. The summed E-state index contributed by atoms with van der Waals surface area (Å²) in [6, 6.07) is 56.8. The van der Waals surface area contributed by atoms with E-state index in [0.717, 1.165) is 28.4 Å². The van der Waals surface area contributed by atoms with Crippen molar-refractivity contribution in [1.29, 1.82) is 0 Å². The summed E-state index contributed by atoms with van der Waals surface area (Å²) in [5, 5.41) is 6.11. The zero-order chi connectivity index (χ0) is 41.0. The van der Waals surface area contributed by atoms with Crippen molar-refractivity contribution in [3.05, 3.63) is 179 Å². The van der Waals surface area contributed by atoms with Crippen LogP contribution < -0.4 is 9.80 Å². The molecule has 0 atom stereocenters. The summed E-state index contributed by atoms with van der Waals surface area (Å²) in [5.41, 5.74) is 14.5.